The molecule has 1 atom stereocenters. The van der Waals surface area contributed by atoms with Gasteiger partial charge in [0.2, 0.25) is 0 Å². The molecule has 0 fully saturated rings. The van der Waals surface area contributed by atoms with Crippen LogP contribution < -0.4 is 10.2 Å². The Bertz CT molecular complexity index is 576. The Labute approximate surface area is 228 Å². The fourth-order valence-electron chi connectivity index (χ4n) is 4.05. The van der Waals surface area contributed by atoms with Crippen LogP contribution in [-0.2, 0) is 13.6 Å². The summed E-state index contributed by atoms with van der Waals surface area (Å²) in [6.45, 7) is 4.23. The van der Waals surface area contributed by atoms with Gasteiger partial charge in [0.05, 0.1) is 27.7 Å². The largest absolute Gasteiger partial charge is 0.756 e. The van der Waals surface area contributed by atoms with Crippen LogP contribution in [0.1, 0.15) is 110 Å². The molecule has 0 aliphatic heterocycles. The molecule has 0 aromatic carbocycles. The Morgan fingerprint density at radius 2 is 1.19 bits per heavy atom. The molecule has 0 rings (SSSR count). The van der Waals surface area contributed by atoms with Gasteiger partial charge < -0.3 is 28.6 Å². The first-order valence-corrected chi connectivity index (χ1v) is 16.4. The molecule has 0 radical (unpaired) electrons. The van der Waals surface area contributed by atoms with Gasteiger partial charge in [0, 0.05) is 20.1 Å². The number of phosphoric ester groups is 1. The van der Waals surface area contributed by atoms with E-state index < -0.39 is 7.82 Å². The van der Waals surface area contributed by atoms with E-state index in [0.717, 1.165) is 19.4 Å². The van der Waals surface area contributed by atoms with Crippen LogP contribution in [0, 0.1) is 0 Å². The lowest BCUT2D eigenvalue weighted by atomic mass is 10.0. The number of hydrogen-bond acceptors (Lipinski definition) is 5. The molecule has 0 aromatic rings. The van der Waals surface area contributed by atoms with Gasteiger partial charge in [0.15, 0.2) is 5.11 Å². The Morgan fingerprint density at radius 1 is 0.778 bits per heavy atom. The summed E-state index contributed by atoms with van der Waals surface area (Å²) in [6.07, 6.45) is 21.4. The van der Waals surface area contributed by atoms with Crippen LogP contribution in [0.4, 0.5) is 0 Å². The second-order valence-electron chi connectivity index (χ2n) is 11.0. The molecule has 0 aliphatic carbocycles. The Hall–Kier alpha value is -0.240. The fourth-order valence-corrected chi connectivity index (χ4v) is 4.92. The molecule has 0 bridgehead atoms. The molecular weight excluding hydrogens is 493 g/mol. The van der Waals surface area contributed by atoms with E-state index in [1.165, 1.54) is 89.9 Å². The lowest BCUT2D eigenvalue weighted by Gasteiger charge is -2.29. The monoisotopic (exact) mass is 551 g/mol. The third-order valence-electron chi connectivity index (χ3n) is 6.40. The zero-order valence-electron chi connectivity index (χ0n) is 24.2. The van der Waals surface area contributed by atoms with Crippen molar-refractivity contribution < 1.29 is 23.0 Å². The predicted octanol–water partition coefficient (Wildman–Crippen LogP) is 6.26. The highest BCUT2D eigenvalue weighted by atomic mass is 32.1. The molecule has 7 nitrogen and oxygen atoms in total. The van der Waals surface area contributed by atoms with E-state index in [-0.39, 0.29) is 13.2 Å². The second-order valence-corrected chi connectivity index (χ2v) is 12.8. The predicted molar refractivity (Wildman–Crippen MR) is 155 cm³/mol. The smallest absolute Gasteiger partial charge is 0.268 e. The molecule has 0 saturated heterocycles. The number of quaternary nitrogens is 1. The summed E-state index contributed by atoms with van der Waals surface area (Å²) in [4.78, 5) is 13.9. The van der Waals surface area contributed by atoms with Crippen molar-refractivity contribution >= 4 is 25.2 Å². The van der Waals surface area contributed by atoms with Gasteiger partial charge in [0.25, 0.3) is 7.82 Å². The number of nitrogens with one attached hydrogen (secondary N) is 1. The van der Waals surface area contributed by atoms with Gasteiger partial charge in [-0.1, -0.05) is 103 Å². The summed E-state index contributed by atoms with van der Waals surface area (Å²) >= 11 is 5.38. The highest BCUT2D eigenvalue weighted by Gasteiger charge is 2.15. The molecule has 0 amide bonds. The molecule has 36 heavy (non-hydrogen) atoms. The minimum atomic E-state index is -4.29. The number of rotatable bonds is 25. The van der Waals surface area contributed by atoms with Gasteiger partial charge >= 0.3 is 0 Å². The molecule has 9 heteroatoms. The topological polar surface area (TPSA) is 73.9 Å². The first-order valence-electron chi connectivity index (χ1n) is 14.5. The number of hydrogen-bond donors (Lipinski definition) is 1. The molecule has 0 spiro atoms. The maximum atomic E-state index is 12.0. The summed E-state index contributed by atoms with van der Waals surface area (Å²) in [7, 11) is 3.44. The Kier molecular flexibility index (Phi) is 22.6. The third-order valence-corrected chi connectivity index (χ3v) is 7.86. The van der Waals surface area contributed by atoms with Crippen molar-refractivity contribution in [1.29, 1.82) is 0 Å². The maximum Gasteiger partial charge on any atom is 0.268 e. The number of phosphoric acid groups is 1. The van der Waals surface area contributed by atoms with Crippen LogP contribution in [0.15, 0.2) is 0 Å². The molecule has 0 saturated carbocycles. The van der Waals surface area contributed by atoms with E-state index in [1.807, 2.05) is 26.0 Å². The highest BCUT2D eigenvalue weighted by molar-refractivity contribution is 7.80. The van der Waals surface area contributed by atoms with E-state index in [9.17, 15) is 9.46 Å². The van der Waals surface area contributed by atoms with Gasteiger partial charge in [-0.3, -0.25) is 4.57 Å². The quantitative estimate of drug-likeness (QED) is 0.0621. The Morgan fingerprint density at radius 3 is 1.61 bits per heavy atom. The number of thiocarbonyl (C=S) groups is 1. The first-order chi connectivity index (χ1) is 17.1. The van der Waals surface area contributed by atoms with Crippen molar-refractivity contribution in [3.8, 4) is 0 Å². The molecular formula is C27H58N3O4PS. The van der Waals surface area contributed by atoms with E-state index >= 15 is 0 Å². The summed E-state index contributed by atoms with van der Waals surface area (Å²) in [5.74, 6) is 0. The summed E-state index contributed by atoms with van der Waals surface area (Å²) in [5.41, 5.74) is 0. The van der Waals surface area contributed by atoms with E-state index in [0.29, 0.717) is 22.7 Å². The summed E-state index contributed by atoms with van der Waals surface area (Å²) < 4.78 is 22.6. The summed E-state index contributed by atoms with van der Waals surface area (Å²) in [6, 6.07) is 0. The lowest BCUT2D eigenvalue weighted by molar-refractivity contribution is -0.870. The van der Waals surface area contributed by atoms with E-state index in [4.69, 9.17) is 21.3 Å². The minimum absolute atomic E-state index is 0.0336. The van der Waals surface area contributed by atoms with Crippen LogP contribution in [0.5, 0.6) is 0 Å². The van der Waals surface area contributed by atoms with Crippen molar-refractivity contribution in [3.63, 3.8) is 0 Å². The van der Waals surface area contributed by atoms with Crippen molar-refractivity contribution in [1.82, 2.24) is 10.2 Å². The molecule has 216 valence electrons. The van der Waals surface area contributed by atoms with Gasteiger partial charge in [0.1, 0.15) is 13.2 Å². The van der Waals surface area contributed by atoms with Crippen LogP contribution in [0.25, 0.3) is 0 Å². The van der Waals surface area contributed by atoms with Crippen molar-refractivity contribution in [2.45, 2.75) is 110 Å². The van der Waals surface area contributed by atoms with Crippen molar-refractivity contribution in [3.05, 3.63) is 0 Å². The average Bonchev–Trinajstić information content (AvgIpc) is 2.81. The second kappa shape index (κ2) is 22.7. The average molecular weight is 552 g/mol. The normalized spacial score (nSPS) is 13.5. The van der Waals surface area contributed by atoms with Crippen LogP contribution in [-0.4, -0.2) is 75.5 Å². The molecule has 0 aliphatic rings. The van der Waals surface area contributed by atoms with Gasteiger partial charge in [-0.05, 0) is 18.6 Å². The van der Waals surface area contributed by atoms with Crippen LogP contribution in [0.3, 0.4) is 0 Å². The minimum Gasteiger partial charge on any atom is -0.756 e. The number of likely N-dealkylation sites (N-methyl/N-ethyl adjacent to an activating group) is 1. The first kappa shape index (κ1) is 35.8. The van der Waals surface area contributed by atoms with Gasteiger partial charge in [-0.25, -0.2) is 0 Å². The lowest BCUT2D eigenvalue weighted by Crippen LogP contribution is -2.40. The molecule has 0 aromatic heterocycles. The number of nitrogens with zero attached hydrogens (tertiary/aromatic N) is 2. The maximum absolute atomic E-state index is 12.0. The van der Waals surface area contributed by atoms with E-state index in [1.54, 1.807) is 7.05 Å². The zero-order chi connectivity index (χ0) is 27.1. The number of unbranched alkanes of at least 4 members (excludes halogenated alkanes) is 15. The van der Waals surface area contributed by atoms with E-state index in [2.05, 4.69) is 12.2 Å². The zero-order valence-corrected chi connectivity index (χ0v) is 25.9. The van der Waals surface area contributed by atoms with Gasteiger partial charge in [-0.15, -0.1) is 0 Å². The fraction of sp³-hybridized carbons (Fsp3) is 0.963. The Balaban J connectivity index is 3.78. The van der Waals surface area contributed by atoms with Crippen molar-refractivity contribution in [2.24, 2.45) is 0 Å². The molecule has 0 heterocycles. The van der Waals surface area contributed by atoms with Crippen LogP contribution in [0.2, 0.25) is 0 Å². The molecule has 1 N–H and O–H groups in total. The standard InChI is InChI=1S/C27H58N3O4PS/c1-6-7-8-9-10-11-12-13-14-15-16-17-18-19-20-21-22-29(27(36)28-2)23-25-33-35(31,32)34-26-24-30(3,4)5/h6-26H2,1-5H3,(H-,28,31,32,36). The van der Waals surface area contributed by atoms with Crippen molar-refractivity contribution in [2.75, 3.05) is 61.0 Å². The summed E-state index contributed by atoms with van der Waals surface area (Å²) in [5, 5.41) is 3.61. The third kappa shape index (κ3) is 24.1. The molecule has 1 unspecified atom stereocenters. The highest BCUT2D eigenvalue weighted by Crippen LogP contribution is 2.37. The van der Waals surface area contributed by atoms with Gasteiger partial charge in [-0.2, -0.15) is 0 Å². The van der Waals surface area contributed by atoms with Crippen LogP contribution >= 0.6 is 20.0 Å². The SMILES string of the molecule is CCCCCCCCCCCCCCCCCCN(CCOP(=O)([O-])OCC[N+](C)(C)C)C(=S)NC.